The zero-order chi connectivity index (χ0) is 21.4. The lowest BCUT2D eigenvalue weighted by molar-refractivity contribution is 0.0421. The predicted octanol–water partition coefficient (Wildman–Crippen LogP) is 4.99. The number of carbonyl (C=O) groups excluding carboxylic acids is 1. The van der Waals surface area contributed by atoms with Crippen molar-refractivity contribution in [3.63, 3.8) is 0 Å². The van der Waals surface area contributed by atoms with E-state index in [1.165, 1.54) is 7.11 Å². The first-order valence-corrected chi connectivity index (χ1v) is 10.9. The summed E-state index contributed by atoms with van der Waals surface area (Å²) in [6.45, 7) is 2.30. The molecular weight excluding hydrogens is 524 g/mol. The molecule has 2 heterocycles. The number of rotatable bonds is 6. The molecule has 0 saturated heterocycles. The number of ether oxygens (including phenoxy) is 6. The molecule has 0 radical (unpaired) electrons. The summed E-state index contributed by atoms with van der Waals surface area (Å²) >= 11 is 7.05. The Morgan fingerprint density at radius 3 is 2.63 bits per heavy atom. The molecule has 2 aliphatic rings. The Morgan fingerprint density at radius 1 is 1.17 bits per heavy atom. The molecule has 30 heavy (non-hydrogen) atoms. The summed E-state index contributed by atoms with van der Waals surface area (Å²) in [5.74, 6) is 1.58. The van der Waals surface area contributed by atoms with Gasteiger partial charge in [-0.1, -0.05) is 0 Å². The smallest absolute Gasteiger partial charge is 0.345 e. The standard InChI is InChI=1S/C21H20Br2O7/c1-4-27-21(24)17-19-11(6-14(23)20(17)29-9-25-2)18-12(8-28-19)10-5-13(22)16(26-3)7-15(10)30-18/h5-7,12,18H,4,8-9H2,1-3H3/t12-,18-/m1/s1. The highest BCUT2D eigenvalue weighted by Crippen LogP contribution is 2.55. The Kier molecular flexibility index (Phi) is 6.13. The van der Waals surface area contributed by atoms with E-state index in [-0.39, 0.29) is 31.0 Å². The van der Waals surface area contributed by atoms with E-state index < -0.39 is 5.97 Å². The first-order valence-electron chi connectivity index (χ1n) is 9.32. The van der Waals surface area contributed by atoms with Gasteiger partial charge in [0, 0.05) is 24.3 Å². The van der Waals surface area contributed by atoms with Crippen LogP contribution in [0.5, 0.6) is 23.0 Å². The molecule has 0 fully saturated rings. The van der Waals surface area contributed by atoms with Crippen LogP contribution in [0.1, 0.15) is 40.4 Å². The molecule has 0 N–H and O–H groups in total. The average molecular weight is 544 g/mol. The van der Waals surface area contributed by atoms with Crippen molar-refractivity contribution in [3.05, 3.63) is 43.8 Å². The Bertz CT molecular complexity index is 992. The van der Waals surface area contributed by atoms with E-state index in [1.807, 2.05) is 18.2 Å². The first-order chi connectivity index (χ1) is 14.5. The lowest BCUT2D eigenvalue weighted by Crippen LogP contribution is -2.25. The summed E-state index contributed by atoms with van der Waals surface area (Å²) in [5.41, 5.74) is 1.99. The van der Waals surface area contributed by atoms with Crippen molar-refractivity contribution >= 4 is 37.8 Å². The summed E-state index contributed by atoms with van der Waals surface area (Å²) in [6.07, 6.45) is -0.316. The van der Waals surface area contributed by atoms with Gasteiger partial charge in [-0.05, 0) is 50.9 Å². The zero-order valence-corrected chi connectivity index (χ0v) is 19.8. The number of halogens is 2. The normalized spacial score (nSPS) is 18.4. The molecular formula is C21H20Br2O7. The van der Waals surface area contributed by atoms with E-state index in [2.05, 4.69) is 31.9 Å². The van der Waals surface area contributed by atoms with Gasteiger partial charge >= 0.3 is 5.97 Å². The van der Waals surface area contributed by atoms with Crippen molar-refractivity contribution in [1.82, 2.24) is 0 Å². The molecule has 0 spiro atoms. The minimum absolute atomic E-state index is 0.0222. The fraction of sp³-hybridized carbons (Fsp3) is 0.381. The molecule has 0 amide bonds. The largest absolute Gasteiger partial charge is 0.495 e. The second-order valence-electron chi connectivity index (χ2n) is 6.73. The summed E-state index contributed by atoms with van der Waals surface area (Å²) in [5, 5.41) is 0. The maximum Gasteiger partial charge on any atom is 0.345 e. The van der Waals surface area contributed by atoms with Gasteiger partial charge in [0.05, 0.1) is 35.2 Å². The van der Waals surface area contributed by atoms with Crippen molar-refractivity contribution in [2.75, 3.05) is 34.2 Å². The van der Waals surface area contributed by atoms with Crippen molar-refractivity contribution in [2.24, 2.45) is 0 Å². The quantitative estimate of drug-likeness (QED) is 0.375. The van der Waals surface area contributed by atoms with Crippen molar-refractivity contribution < 1.29 is 33.2 Å². The van der Waals surface area contributed by atoms with Gasteiger partial charge in [0.1, 0.15) is 28.9 Å². The van der Waals surface area contributed by atoms with Crippen LogP contribution in [0.3, 0.4) is 0 Å². The fourth-order valence-electron chi connectivity index (χ4n) is 3.76. The van der Waals surface area contributed by atoms with Gasteiger partial charge in [-0.2, -0.15) is 0 Å². The van der Waals surface area contributed by atoms with Crippen LogP contribution in [0.4, 0.5) is 0 Å². The fourth-order valence-corrected chi connectivity index (χ4v) is 4.84. The molecule has 0 saturated carbocycles. The van der Waals surface area contributed by atoms with E-state index in [4.69, 9.17) is 28.4 Å². The molecule has 2 aromatic rings. The Morgan fingerprint density at radius 2 is 1.93 bits per heavy atom. The van der Waals surface area contributed by atoms with Crippen LogP contribution >= 0.6 is 31.9 Å². The van der Waals surface area contributed by atoms with E-state index in [1.54, 1.807) is 14.0 Å². The van der Waals surface area contributed by atoms with Gasteiger partial charge in [-0.25, -0.2) is 4.79 Å². The Hall–Kier alpha value is -1.97. The van der Waals surface area contributed by atoms with Crippen LogP contribution in [0.25, 0.3) is 0 Å². The molecule has 0 unspecified atom stereocenters. The highest BCUT2D eigenvalue weighted by atomic mass is 79.9. The van der Waals surface area contributed by atoms with Gasteiger partial charge in [0.25, 0.3) is 0 Å². The summed E-state index contributed by atoms with van der Waals surface area (Å²) < 4.78 is 35.1. The minimum atomic E-state index is -0.528. The van der Waals surface area contributed by atoms with Crippen molar-refractivity contribution in [2.45, 2.75) is 18.9 Å². The highest BCUT2D eigenvalue weighted by molar-refractivity contribution is 9.10. The minimum Gasteiger partial charge on any atom is -0.495 e. The van der Waals surface area contributed by atoms with Crippen LogP contribution in [0.2, 0.25) is 0 Å². The zero-order valence-electron chi connectivity index (χ0n) is 16.6. The van der Waals surface area contributed by atoms with Gasteiger partial charge in [-0.3, -0.25) is 0 Å². The monoisotopic (exact) mass is 542 g/mol. The number of methoxy groups -OCH3 is 2. The molecule has 7 nitrogen and oxygen atoms in total. The number of carbonyl (C=O) groups is 1. The lowest BCUT2D eigenvalue weighted by atomic mass is 9.88. The van der Waals surface area contributed by atoms with Gasteiger partial charge < -0.3 is 28.4 Å². The van der Waals surface area contributed by atoms with E-state index in [0.717, 1.165) is 21.3 Å². The Labute approximate surface area is 190 Å². The maximum absolute atomic E-state index is 12.8. The predicted molar refractivity (Wildman–Crippen MR) is 115 cm³/mol. The summed E-state index contributed by atoms with van der Waals surface area (Å²) in [7, 11) is 3.12. The molecule has 2 atom stereocenters. The third-order valence-electron chi connectivity index (χ3n) is 5.03. The SMILES string of the molecule is CCOC(=O)c1c(OCOC)c(Br)cc2c1OC[C@@H]1c3cc(Br)c(OC)cc3O[C@H]21. The summed E-state index contributed by atoms with van der Waals surface area (Å²) in [4.78, 5) is 12.8. The number of fused-ring (bicyclic) bond motifs is 5. The van der Waals surface area contributed by atoms with Crippen LogP contribution in [0, 0.1) is 0 Å². The third kappa shape index (κ3) is 3.52. The average Bonchev–Trinajstić information content (AvgIpc) is 3.09. The van der Waals surface area contributed by atoms with Gasteiger partial charge in [0.2, 0.25) is 0 Å². The van der Waals surface area contributed by atoms with Crippen molar-refractivity contribution in [3.8, 4) is 23.0 Å². The van der Waals surface area contributed by atoms with Gasteiger partial charge in [0.15, 0.2) is 12.5 Å². The molecule has 9 heteroatoms. The summed E-state index contributed by atoms with van der Waals surface area (Å²) in [6, 6.07) is 5.71. The third-order valence-corrected chi connectivity index (χ3v) is 6.24. The van der Waals surface area contributed by atoms with E-state index in [9.17, 15) is 4.79 Å². The first kappa shape index (κ1) is 21.3. The Balaban J connectivity index is 1.81. The number of esters is 1. The molecule has 0 aliphatic carbocycles. The van der Waals surface area contributed by atoms with Crippen LogP contribution < -0.4 is 18.9 Å². The molecule has 2 aliphatic heterocycles. The lowest BCUT2D eigenvalue weighted by Gasteiger charge is -2.30. The number of benzene rings is 2. The topological polar surface area (TPSA) is 72.5 Å². The van der Waals surface area contributed by atoms with Gasteiger partial charge in [-0.15, -0.1) is 0 Å². The highest BCUT2D eigenvalue weighted by Gasteiger charge is 2.44. The molecule has 2 aromatic carbocycles. The molecule has 0 aromatic heterocycles. The van der Waals surface area contributed by atoms with Crippen molar-refractivity contribution in [1.29, 1.82) is 0 Å². The molecule has 0 bridgehead atoms. The van der Waals surface area contributed by atoms with E-state index >= 15 is 0 Å². The van der Waals surface area contributed by atoms with Crippen LogP contribution in [-0.4, -0.2) is 40.2 Å². The molecule has 4 rings (SSSR count). The second kappa shape index (κ2) is 8.64. The number of hydrogen-bond donors (Lipinski definition) is 0. The van der Waals surface area contributed by atoms with E-state index in [0.29, 0.717) is 28.3 Å². The number of hydrogen-bond acceptors (Lipinski definition) is 7. The van der Waals surface area contributed by atoms with Crippen LogP contribution in [-0.2, 0) is 9.47 Å². The second-order valence-corrected chi connectivity index (χ2v) is 8.44. The molecule has 160 valence electrons. The van der Waals surface area contributed by atoms with Crippen LogP contribution in [0.15, 0.2) is 27.1 Å². The maximum atomic E-state index is 12.8.